The maximum Gasteiger partial charge on any atom is 0.491 e. The van der Waals surface area contributed by atoms with Crippen LogP contribution >= 0.6 is 0 Å². The van der Waals surface area contributed by atoms with E-state index in [2.05, 4.69) is 0 Å². The molecule has 0 heterocycles. The van der Waals surface area contributed by atoms with Gasteiger partial charge in [-0.25, -0.2) is 4.39 Å². The van der Waals surface area contributed by atoms with Crippen LogP contribution in [0.4, 0.5) is 10.1 Å². The molecule has 0 aliphatic heterocycles. The summed E-state index contributed by atoms with van der Waals surface area (Å²) in [5.74, 6) is -0.622. The lowest BCUT2D eigenvalue weighted by atomic mass is 9.79. The van der Waals surface area contributed by atoms with E-state index in [1.54, 1.807) is 6.07 Å². The molecule has 0 bridgehead atoms. The van der Waals surface area contributed by atoms with Crippen LogP contribution in [0.5, 0.6) is 0 Å². The number of hydrogen-bond donors (Lipinski definition) is 2. The molecule has 0 fully saturated rings. The first kappa shape index (κ1) is 13.6. The first-order valence-corrected chi connectivity index (χ1v) is 5.92. The Hall–Kier alpha value is -1.85. The summed E-state index contributed by atoms with van der Waals surface area (Å²) in [5.41, 5.74) is 2.48. The van der Waals surface area contributed by atoms with E-state index in [9.17, 15) is 4.39 Å². The monoisotopic (exact) mass is 259 g/mol. The first-order valence-electron chi connectivity index (χ1n) is 5.92. The van der Waals surface area contributed by atoms with Crippen molar-refractivity contribution in [2.75, 3.05) is 19.0 Å². The Balaban J connectivity index is 2.42. The smallest absolute Gasteiger partial charge is 0.423 e. The summed E-state index contributed by atoms with van der Waals surface area (Å²) >= 11 is 0. The molecule has 2 aromatic carbocycles. The van der Waals surface area contributed by atoms with Crippen LogP contribution in [0.3, 0.4) is 0 Å². The van der Waals surface area contributed by atoms with E-state index in [1.807, 2.05) is 43.3 Å². The van der Waals surface area contributed by atoms with E-state index in [4.69, 9.17) is 10.0 Å². The normalized spacial score (nSPS) is 10.4. The molecular formula is C14H15BFNO2. The number of halogens is 1. The number of anilines is 1. The van der Waals surface area contributed by atoms with Crippen molar-refractivity contribution in [2.24, 2.45) is 0 Å². The Morgan fingerprint density at radius 2 is 1.68 bits per heavy atom. The molecule has 0 atom stereocenters. The van der Waals surface area contributed by atoms with Crippen molar-refractivity contribution < 1.29 is 14.4 Å². The van der Waals surface area contributed by atoms with Gasteiger partial charge >= 0.3 is 7.12 Å². The summed E-state index contributed by atoms with van der Waals surface area (Å²) in [6, 6.07) is 12.1. The molecule has 98 valence electrons. The fourth-order valence-electron chi connectivity index (χ4n) is 1.88. The van der Waals surface area contributed by atoms with Gasteiger partial charge in [-0.05, 0) is 29.3 Å². The average molecular weight is 259 g/mol. The predicted molar refractivity (Wildman–Crippen MR) is 76.0 cm³/mol. The third-order valence-electron chi connectivity index (χ3n) is 2.97. The maximum atomic E-state index is 13.7. The number of benzene rings is 2. The SMILES string of the molecule is CN(C)c1cccc(-c2ccc(B(O)O)c(F)c2)c1. The highest BCUT2D eigenvalue weighted by Gasteiger charge is 2.16. The molecule has 0 saturated carbocycles. The van der Waals surface area contributed by atoms with Crippen LogP contribution in [0.1, 0.15) is 0 Å². The lowest BCUT2D eigenvalue weighted by Crippen LogP contribution is -2.32. The molecule has 0 saturated heterocycles. The summed E-state index contributed by atoms with van der Waals surface area (Å²) in [4.78, 5) is 1.96. The highest BCUT2D eigenvalue weighted by Crippen LogP contribution is 2.23. The lowest BCUT2D eigenvalue weighted by Gasteiger charge is -2.14. The van der Waals surface area contributed by atoms with E-state index < -0.39 is 12.9 Å². The minimum Gasteiger partial charge on any atom is -0.423 e. The Bertz CT molecular complexity index is 587. The Kier molecular flexibility index (Phi) is 3.88. The van der Waals surface area contributed by atoms with Crippen molar-refractivity contribution in [1.82, 2.24) is 0 Å². The number of rotatable bonds is 3. The van der Waals surface area contributed by atoms with Gasteiger partial charge in [-0.3, -0.25) is 0 Å². The Morgan fingerprint density at radius 1 is 1.00 bits per heavy atom. The van der Waals surface area contributed by atoms with Gasteiger partial charge in [0.2, 0.25) is 0 Å². The number of nitrogens with zero attached hydrogens (tertiary/aromatic N) is 1. The quantitative estimate of drug-likeness (QED) is 0.815. The van der Waals surface area contributed by atoms with Crippen LogP contribution in [0.2, 0.25) is 0 Å². The zero-order chi connectivity index (χ0) is 14.0. The highest BCUT2D eigenvalue weighted by molar-refractivity contribution is 6.58. The van der Waals surface area contributed by atoms with Gasteiger partial charge in [0.25, 0.3) is 0 Å². The number of hydrogen-bond acceptors (Lipinski definition) is 3. The van der Waals surface area contributed by atoms with E-state index in [-0.39, 0.29) is 5.46 Å². The molecule has 0 aromatic heterocycles. The summed E-state index contributed by atoms with van der Waals surface area (Å²) in [6.07, 6.45) is 0. The molecule has 2 N–H and O–H groups in total. The van der Waals surface area contributed by atoms with Crippen molar-refractivity contribution in [2.45, 2.75) is 0 Å². The van der Waals surface area contributed by atoms with Gasteiger partial charge in [0.1, 0.15) is 5.82 Å². The Labute approximate surface area is 112 Å². The van der Waals surface area contributed by atoms with Crippen molar-refractivity contribution in [3.63, 3.8) is 0 Å². The molecular weight excluding hydrogens is 244 g/mol. The minimum atomic E-state index is -1.79. The zero-order valence-corrected chi connectivity index (χ0v) is 10.8. The average Bonchev–Trinajstić information content (AvgIpc) is 2.38. The van der Waals surface area contributed by atoms with Gasteiger partial charge in [-0.2, -0.15) is 0 Å². The second-order valence-electron chi connectivity index (χ2n) is 4.55. The van der Waals surface area contributed by atoms with E-state index in [0.29, 0.717) is 5.56 Å². The first-order chi connectivity index (χ1) is 8.99. The van der Waals surface area contributed by atoms with Gasteiger partial charge in [-0.15, -0.1) is 0 Å². The molecule has 2 rings (SSSR count). The molecule has 0 unspecified atom stereocenters. The van der Waals surface area contributed by atoms with Gasteiger partial charge < -0.3 is 14.9 Å². The molecule has 0 aliphatic carbocycles. The van der Waals surface area contributed by atoms with Crippen LogP contribution < -0.4 is 10.4 Å². The third-order valence-corrected chi connectivity index (χ3v) is 2.97. The zero-order valence-electron chi connectivity index (χ0n) is 10.8. The molecule has 0 amide bonds. The molecule has 3 nitrogen and oxygen atoms in total. The van der Waals surface area contributed by atoms with Gasteiger partial charge in [0.05, 0.1) is 0 Å². The van der Waals surface area contributed by atoms with E-state index in [1.165, 1.54) is 12.1 Å². The fourth-order valence-corrected chi connectivity index (χ4v) is 1.88. The lowest BCUT2D eigenvalue weighted by molar-refractivity contribution is 0.423. The largest absolute Gasteiger partial charge is 0.491 e. The van der Waals surface area contributed by atoms with Gasteiger partial charge in [-0.1, -0.05) is 24.3 Å². The predicted octanol–water partition coefficient (Wildman–Crippen LogP) is 1.24. The van der Waals surface area contributed by atoms with Crippen LogP contribution in [-0.2, 0) is 0 Å². The Morgan fingerprint density at radius 3 is 2.26 bits per heavy atom. The summed E-state index contributed by atoms with van der Waals surface area (Å²) in [5, 5.41) is 18.0. The van der Waals surface area contributed by atoms with Crippen LogP contribution in [0, 0.1) is 5.82 Å². The van der Waals surface area contributed by atoms with E-state index in [0.717, 1.165) is 11.3 Å². The minimum absolute atomic E-state index is 0.118. The van der Waals surface area contributed by atoms with Crippen molar-refractivity contribution in [1.29, 1.82) is 0 Å². The van der Waals surface area contributed by atoms with Gasteiger partial charge in [0, 0.05) is 25.2 Å². The summed E-state index contributed by atoms with van der Waals surface area (Å²) in [6.45, 7) is 0. The van der Waals surface area contributed by atoms with Crippen LogP contribution in [0.25, 0.3) is 11.1 Å². The fraction of sp³-hybridized carbons (Fsp3) is 0.143. The molecule has 5 heteroatoms. The maximum absolute atomic E-state index is 13.7. The van der Waals surface area contributed by atoms with Crippen LogP contribution in [-0.4, -0.2) is 31.3 Å². The van der Waals surface area contributed by atoms with Gasteiger partial charge in [0.15, 0.2) is 0 Å². The molecule has 2 aromatic rings. The second-order valence-corrected chi connectivity index (χ2v) is 4.55. The second kappa shape index (κ2) is 5.42. The molecule has 19 heavy (non-hydrogen) atoms. The van der Waals surface area contributed by atoms with Crippen molar-refractivity contribution in [3.05, 3.63) is 48.3 Å². The molecule has 0 radical (unpaired) electrons. The van der Waals surface area contributed by atoms with E-state index >= 15 is 0 Å². The van der Waals surface area contributed by atoms with Crippen LogP contribution in [0.15, 0.2) is 42.5 Å². The molecule has 0 aliphatic rings. The summed E-state index contributed by atoms with van der Waals surface area (Å²) in [7, 11) is 2.08. The third kappa shape index (κ3) is 2.94. The summed E-state index contributed by atoms with van der Waals surface area (Å²) < 4.78 is 13.7. The standard InChI is InChI=1S/C14H15BFNO2/c1-17(2)12-5-3-4-10(8-12)11-6-7-13(15(18)19)14(16)9-11/h3-9,18-19H,1-2H3. The van der Waals surface area contributed by atoms with Crippen molar-refractivity contribution in [3.8, 4) is 11.1 Å². The van der Waals surface area contributed by atoms with Crippen molar-refractivity contribution >= 4 is 18.3 Å². The molecule has 0 spiro atoms. The topological polar surface area (TPSA) is 43.7 Å². The highest BCUT2D eigenvalue weighted by atomic mass is 19.1.